The van der Waals surface area contributed by atoms with E-state index in [4.69, 9.17) is 4.74 Å². The minimum atomic E-state index is 0.151. The van der Waals surface area contributed by atoms with E-state index < -0.39 is 0 Å². The molecule has 1 aliphatic heterocycles. The van der Waals surface area contributed by atoms with Gasteiger partial charge >= 0.3 is 0 Å². The van der Waals surface area contributed by atoms with Crippen LogP contribution >= 0.6 is 0 Å². The van der Waals surface area contributed by atoms with Crippen LogP contribution in [0.2, 0.25) is 0 Å². The SMILES string of the molecule is Cc1cccc2[nH]c(O)c(C=Nc3ccc(N4CCOCC4)cc3)c12. The zero-order valence-corrected chi connectivity index (χ0v) is 14.2. The number of aliphatic imine (C=N–C) groups is 1. The lowest BCUT2D eigenvalue weighted by Crippen LogP contribution is -2.36. The number of ether oxygens (including phenoxy) is 1. The van der Waals surface area contributed by atoms with Crippen LogP contribution in [0.25, 0.3) is 10.9 Å². The number of aromatic amines is 1. The van der Waals surface area contributed by atoms with Gasteiger partial charge in [0.15, 0.2) is 5.88 Å². The summed E-state index contributed by atoms with van der Waals surface area (Å²) in [6, 6.07) is 14.1. The molecular formula is C20H21N3O2. The van der Waals surface area contributed by atoms with Crippen molar-refractivity contribution in [3.63, 3.8) is 0 Å². The topological polar surface area (TPSA) is 60.8 Å². The van der Waals surface area contributed by atoms with Crippen LogP contribution in [0.4, 0.5) is 11.4 Å². The smallest absolute Gasteiger partial charge is 0.198 e. The van der Waals surface area contributed by atoms with E-state index >= 15 is 0 Å². The van der Waals surface area contributed by atoms with Gasteiger partial charge in [0.2, 0.25) is 0 Å². The minimum Gasteiger partial charge on any atom is -0.494 e. The summed E-state index contributed by atoms with van der Waals surface area (Å²) in [4.78, 5) is 9.85. The van der Waals surface area contributed by atoms with Crippen LogP contribution in [-0.2, 0) is 4.74 Å². The van der Waals surface area contributed by atoms with Crippen molar-refractivity contribution in [1.29, 1.82) is 0 Å². The summed E-state index contributed by atoms with van der Waals surface area (Å²) in [7, 11) is 0. The second kappa shape index (κ2) is 6.61. The molecule has 0 saturated carbocycles. The fraction of sp³-hybridized carbons (Fsp3) is 0.250. The molecule has 2 N–H and O–H groups in total. The van der Waals surface area contributed by atoms with Gasteiger partial charge in [0.1, 0.15) is 0 Å². The standard InChI is InChI=1S/C20H21N3O2/c1-14-3-2-4-18-19(14)17(20(24)22-18)13-21-15-5-7-16(8-6-15)23-9-11-25-12-10-23/h2-8,13,22,24H,9-12H2,1H3. The van der Waals surface area contributed by atoms with Crippen molar-refractivity contribution in [3.05, 3.63) is 53.6 Å². The summed E-state index contributed by atoms with van der Waals surface area (Å²) in [6.45, 7) is 5.43. The molecule has 0 amide bonds. The normalized spacial score (nSPS) is 15.3. The van der Waals surface area contributed by atoms with Gasteiger partial charge in [0, 0.05) is 35.9 Å². The van der Waals surface area contributed by atoms with Gasteiger partial charge in [0.05, 0.1) is 24.5 Å². The molecule has 25 heavy (non-hydrogen) atoms. The number of nitrogens with zero attached hydrogens (tertiary/aromatic N) is 2. The molecule has 0 bridgehead atoms. The van der Waals surface area contributed by atoms with Crippen LogP contribution in [0.15, 0.2) is 47.5 Å². The maximum absolute atomic E-state index is 10.2. The molecular weight excluding hydrogens is 314 g/mol. The molecule has 1 fully saturated rings. The maximum Gasteiger partial charge on any atom is 0.198 e. The molecule has 0 radical (unpaired) electrons. The zero-order chi connectivity index (χ0) is 17.2. The van der Waals surface area contributed by atoms with Crippen molar-refractivity contribution in [2.45, 2.75) is 6.92 Å². The number of fused-ring (bicyclic) bond motifs is 1. The lowest BCUT2D eigenvalue weighted by atomic mass is 10.1. The molecule has 0 atom stereocenters. The summed E-state index contributed by atoms with van der Waals surface area (Å²) in [6.07, 6.45) is 1.73. The third-order valence-electron chi connectivity index (χ3n) is 4.62. The number of hydrogen-bond acceptors (Lipinski definition) is 4. The molecule has 1 aliphatic rings. The van der Waals surface area contributed by atoms with E-state index in [-0.39, 0.29) is 5.88 Å². The van der Waals surface area contributed by atoms with Crippen LogP contribution in [0.5, 0.6) is 5.88 Å². The Balaban J connectivity index is 1.59. The van der Waals surface area contributed by atoms with Crippen LogP contribution in [0.1, 0.15) is 11.1 Å². The van der Waals surface area contributed by atoms with Gasteiger partial charge in [-0.25, -0.2) is 0 Å². The van der Waals surface area contributed by atoms with Crippen molar-refractivity contribution < 1.29 is 9.84 Å². The molecule has 5 nitrogen and oxygen atoms in total. The molecule has 0 unspecified atom stereocenters. The zero-order valence-electron chi connectivity index (χ0n) is 14.2. The lowest BCUT2D eigenvalue weighted by Gasteiger charge is -2.28. The highest BCUT2D eigenvalue weighted by Crippen LogP contribution is 2.29. The fourth-order valence-electron chi connectivity index (χ4n) is 3.28. The molecule has 4 rings (SSSR count). The predicted molar refractivity (Wildman–Crippen MR) is 101 cm³/mol. The Morgan fingerprint density at radius 3 is 2.64 bits per heavy atom. The maximum atomic E-state index is 10.2. The highest BCUT2D eigenvalue weighted by Gasteiger charge is 2.12. The van der Waals surface area contributed by atoms with E-state index in [0.29, 0.717) is 0 Å². The van der Waals surface area contributed by atoms with Gasteiger partial charge in [-0.2, -0.15) is 0 Å². The molecule has 128 valence electrons. The number of anilines is 1. The van der Waals surface area contributed by atoms with Gasteiger partial charge in [-0.3, -0.25) is 4.99 Å². The van der Waals surface area contributed by atoms with E-state index in [1.807, 2.05) is 37.3 Å². The monoisotopic (exact) mass is 335 g/mol. The van der Waals surface area contributed by atoms with E-state index in [1.165, 1.54) is 5.69 Å². The number of nitrogens with one attached hydrogen (secondary N) is 1. The molecule has 0 aliphatic carbocycles. The fourth-order valence-corrected chi connectivity index (χ4v) is 3.28. The first-order valence-corrected chi connectivity index (χ1v) is 8.49. The van der Waals surface area contributed by atoms with Gasteiger partial charge in [-0.15, -0.1) is 0 Å². The lowest BCUT2D eigenvalue weighted by molar-refractivity contribution is 0.122. The third-order valence-corrected chi connectivity index (χ3v) is 4.62. The molecule has 1 saturated heterocycles. The second-order valence-corrected chi connectivity index (χ2v) is 6.26. The number of aromatic nitrogens is 1. The Morgan fingerprint density at radius 2 is 1.88 bits per heavy atom. The predicted octanol–water partition coefficient (Wildman–Crippen LogP) is 3.77. The Kier molecular flexibility index (Phi) is 4.15. The first-order valence-electron chi connectivity index (χ1n) is 8.49. The number of aryl methyl sites for hydroxylation is 1. The highest BCUT2D eigenvalue weighted by atomic mass is 16.5. The van der Waals surface area contributed by atoms with Crippen LogP contribution in [-0.4, -0.2) is 42.6 Å². The highest BCUT2D eigenvalue weighted by molar-refractivity contribution is 6.04. The van der Waals surface area contributed by atoms with Crippen LogP contribution < -0.4 is 4.90 Å². The number of aromatic hydroxyl groups is 1. The van der Waals surface area contributed by atoms with Crippen molar-refractivity contribution in [2.24, 2.45) is 4.99 Å². The van der Waals surface area contributed by atoms with E-state index in [0.717, 1.165) is 54.0 Å². The third kappa shape index (κ3) is 3.10. The number of benzene rings is 2. The van der Waals surface area contributed by atoms with Gasteiger partial charge in [0.25, 0.3) is 0 Å². The van der Waals surface area contributed by atoms with Crippen molar-refractivity contribution in [3.8, 4) is 5.88 Å². The van der Waals surface area contributed by atoms with E-state index in [1.54, 1.807) is 6.21 Å². The molecule has 2 heterocycles. The first-order chi connectivity index (χ1) is 12.2. The largest absolute Gasteiger partial charge is 0.494 e. The Labute approximate surface area is 146 Å². The molecule has 5 heteroatoms. The number of hydrogen-bond donors (Lipinski definition) is 2. The Morgan fingerprint density at radius 1 is 1.12 bits per heavy atom. The van der Waals surface area contributed by atoms with Gasteiger partial charge in [-0.1, -0.05) is 12.1 Å². The molecule has 2 aromatic carbocycles. The van der Waals surface area contributed by atoms with Crippen LogP contribution in [0, 0.1) is 6.92 Å². The van der Waals surface area contributed by atoms with Crippen molar-refractivity contribution in [2.75, 3.05) is 31.2 Å². The second-order valence-electron chi connectivity index (χ2n) is 6.26. The first kappa shape index (κ1) is 15.7. The van der Waals surface area contributed by atoms with Crippen LogP contribution in [0.3, 0.4) is 0 Å². The van der Waals surface area contributed by atoms with Crippen molar-refractivity contribution in [1.82, 2.24) is 4.98 Å². The average Bonchev–Trinajstić information content (AvgIpc) is 2.98. The van der Waals surface area contributed by atoms with Crippen molar-refractivity contribution >= 4 is 28.5 Å². The van der Waals surface area contributed by atoms with Gasteiger partial charge < -0.3 is 19.7 Å². The molecule has 3 aromatic rings. The number of rotatable bonds is 3. The minimum absolute atomic E-state index is 0.151. The average molecular weight is 335 g/mol. The summed E-state index contributed by atoms with van der Waals surface area (Å²) in [5, 5.41) is 11.2. The molecule has 1 aromatic heterocycles. The van der Waals surface area contributed by atoms with Gasteiger partial charge in [-0.05, 0) is 42.8 Å². The number of H-pyrrole nitrogens is 1. The molecule has 0 spiro atoms. The Bertz CT molecular complexity index is 907. The van der Waals surface area contributed by atoms with E-state index in [9.17, 15) is 5.11 Å². The summed E-state index contributed by atoms with van der Waals surface area (Å²) >= 11 is 0. The summed E-state index contributed by atoms with van der Waals surface area (Å²) in [5.74, 6) is 0.151. The number of morpholine rings is 1. The quantitative estimate of drug-likeness (QED) is 0.716. The summed E-state index contributed by atoms with van der Waals surface area (Å²) < 4.78 is 5.39. The van der Waals surface area contributed by atoms with E-state index in [2.05, 4.69) is 27.0 Å². The summed E-state index contributed by atoms with van der Waals surface area (Å²) in [5.41, 5.74) is 4.80. The Hall–Kier alpha value is -2.79.